The van der Waals surface area contributed by atoms with Crippen LogP contribution in [0.3, 0.4) is 0 Å². The summed E-state index contributed by atoms with van der Waals surface area (Å²) >= 11 is 0. The fourth-order valence-corrected chi connectivity index (χ4v) is 2.90. The molecule has 0 unspecified atom stereocenters. The molecule has 1 aromatic heterocycles. The molecule has 0 aromatic carbocycles. The summed E-state index contributed by atoms with van der Waals surface area (Å²) in [5.74, 6) is 0.895. The number of aliphatic hydroxyl groups excluding tert-OH is 1. The molecule has 3 N–H and O–H groups in total. The van der Waals surface area contributed by atoms with Gasteiger partial charge in [0, 0.05) is 39.1 Å². The molecular weight excluding hydrogens is 314 g/mol. The molecule has 2 aliphatic rings. The minimum Gasteiger partial charge on any atom is -0.389 e. The smallest absolute Gasteiger partial charge is 0.317 e. The lowest BCUT2D eigenvalue weighted by atomic mass is 10.1. The third-order valence-electron chi connectivity index (χ3n) is 4.48. The number of morpholine rings is 1. The average molecular weight is 339 g/mol. The Morgan fingerprint density at radius 3 is 2.96 bits per heavy atom. The van der Waals surface area contributed by atoms with Crippen LogP contribution in [0.5, 0.6) is 0 Å². The highest BCUT2D eigenvalue weighted by molar-refractivity contribution is 5.74. The summed E-state index contributed by atoms with van der Waals surface area (Å²) in [6, 6.07) is -0.314. The zero-order valence-corrected chi connectivity index (χ0v) is 13.9. The molecular formula is C15H25N5O4. The van der Waals surface area contributed by atoms with E-state index in [9.17, 15) is 9.90 Å². The predicted octanol–water partition coefficient (Wildman–Crippen LogP) is -1.32. The van der Waals surface area contributed by atoms with Gasteiger partial charge in [0.25, 0.3) is 0 Å². The van der Waals surface area contributed by atoms with Gasteiger partial charge in [0.2, 0.25) is 0 Å². The molecule has 0 aliphatic carbocycles. The van der Waals surface area contributed by atoms with Gasteiger partial charge in [0.05, 0.1) is 38.5 Å². The molecule has 9 heteroatoms. The summed E-state index contributed by atoms with van der Waals surface area (Å²) in [7, 11) is 1.93. The number of nitrogens with zero attached hydrogens (tertiary/aromatic N) is 3. The van der Waals surface area contributed by atoms with E-state index in [1.807, 2.05) is 17.8 Å². The van der Waals surface area contributed by atoms with E-state index in [0.717, 1.165) is 5.82 Å². The summed E-state index contributed by atoms with van der Waals surface area (Å²) in [6.07, 6.45) is 2.54. The maximum Gasteiger partial charge on any atom is 0.317 e. The number of imidazole rings is 1. The molecule has 9 nitrogen and oxygen atoms in total. The van der Waals surface area contributed by atoms with Crippen molar-refractivity contribution in [3.05, 3.63) is 18.2 Å². The first-order chi connectivity index (χ1) is 11.6. The third kappa shape index (κ3) is 4.04. The van der Waals surface area contributed by atoms with E-state index < -0.39 is 12.2 Å². The largest absolute Gasteiger partial charge is 0.389 e. The van der Waals surface area contributed by atoms with E-state index in [-0.39, 0.29) is 18.6 Å². The Hall–Kier alpha value is -1.68. The van der Waals surface area contributed by atoms with Crippen LogP contribution < -0.4 is 10.6 Å². The molecule has 2 saturated heterocycles. The van der Waals surface area contributed by atoms with Crippen molar-refractivity contribution in [2.75, 3.05) is 39.5 Å². The Labute approximate surface area is 140 Å². The van der Waals surface area contributed by atoms with Crippen LogP contribution in [0, 0.1) is 0 Å². The fraction of sp³-hybridized carbons (Fsp3) is 0.733. The summed E-state index contributed by atoms with van der Waals surface area (Å²) in [5, 5.41) is 16.5. The van der Waals surface area contributed by atoms with Crippen molar-refractivity contribution in [2.45, 2.75) is 24.8 Å². The van der Waals surface area contributed by atoms with Crippen molar-refractivity contribution < 1.29 is 19.4 Å². The molecule has 0 saturated carbocycles. The van der Waals surface area contributed by atoms with E-state index in [0.29, 0.717) is 39.5 Å². The highest BCUT2D eigenvalue weighted by Gasteiger charge is 2.36. The Balaban J connectivity index is 1.41. The number of aryl methyl sites for hydroxylation is 1. The number of hydrogen-bond donors (Lipinski definition) is 3. The topological polar surface area (TPSA) is 101 Å². The van der Waals surface area contributed by atoms with E-state index in [4.69, 9.17) is 9.47 Å². The van der Waals surface area contributed by atoms with Crippen LogP contribution in [-0.4, -0.2) is 83.3 Å². The van der Waals surface area contributed by atoms with Crippen molar-refractivity contribution in [2.24, 2.45) is 7.05 Å². The summed E-state index contributed by atoms with van der Waals surface area (Å²) in [4.78, 5) is 18.0. The number of nitrogens with one attached hydrogen (secondary N) is 2. The van der Waals surface area contributed by atoms with Gasteiger partial charge in [-0.25, -0.2) is 9.78 Å². The quantitative estimate of drug-likeness (QED) is 0.615. The molecule has 3 heterocycles. The third-order valence-corrected chi connectivity index (χ3v) is 4.48. The first-order valence-corrected chi connectivity index (χ1v) is 8.25. The van der Waals surface area contributed by atoms with Gasteiger partial charge in [-0.3, -0.25) is 0 Å². The second-order valence-corrected chi connectivity index (χ2v) is 6.09. The van der Waals surface area contributed by atoms with E-state index in [1.54, 1.807) is 11.1 Å². The van der Waals surface area contributed by atoms with Crippen LogP contribution in [0.1, 0.15) is 5.82 Å². The van der Waals surface area contributed by atoms with Crippen LogP contribution >= 0.6 is 0 Å². The number of amides is 2. The van der Waals surface area contributed by atoms with Gasteiger partial charge in [-0.05, 0) is 0 Å². The van der Waals surface area contributed by atoms with Gasteiger partial charge in [0.15, 0.2) is 0 Å². The number of aromatic nitrogens is 2. The number of ether oxygens (including phenoxy) is 2. The first kappa shape index (κ1) is 17.2. The molecule has 0 spiro atoms. The summed E-state index contributed by atoms with van der Waals surface area (Å²) in [6.45, 7) is 3.56. The molecule has 2 fully saturated rings. The molecule has 134 valence electrons. The SMILES string of the molecule is Cn1ccnc1CN[C@@H]1CO[C@H](CNC(=O)N2CCOCC2)[C@H]1O. The fourth-order valence-electron chi connectivity index (χ4n) is 2.90. The van der Waals surface area contributed by atoms with Gasteiger partial charge in [0.1, 0.15) is 11.9 Å². The van der Waals surface area contributed by atoms with Gasteiger partial charge < -0.3 is 34.7 Å². The highest BCUT2D eigenvalue weighted by Crippen LogP contribution is 2.14. The molecule has 0 bridgehead atoms. The van der Waals surface area contributed by atoms with Crippen LogP contribution in [0.15, 0.2) is 12.4 Å². The van der Waals surface area contributed by atoms with Crippen molar-refractivity contribution in [3.8, 4) is 0 Å². The minimum atomic E-state index is -0.671. The minimum absolute atomic E-state index is 0.140. The molecule has 3 atom stereocenters. The Morgan fingerprint density at radius 1 is 1.46 bits per heavy atom. The van der Waals surface area contributed by atoms with Crippen LogP contribution in [0.4, 0.5) is 4.79 Å². The van der Waals surface area contributed by atoms with E-state index >= 15 is 0 Å². The second kappa shape index (κ2) is 7.93. The van der Waals surface area contributed by atoms with Crippen molar-refractivity contribution in [1.82, 2.24) is 25.1 Å². The average Bonchev–Trinajstić information content (AvgIpc) is 3.17. The zero-order chi connectivity index (χ0) is 16.9. The van der Waals surface area contributed by atoms with Gasteiger partial charge in [-0.2, -0.15) is 0 Å². The standard InChI is InChI=1S/C15H25N5O4/c1-19-3-2-16-13(19)9-17-11-10-24-12(14(11)21)8-18-15(22)20-4-6-23-7-5-20/h2-3,11-12,14,17,21H,4-10H2,1H3,(H,18,22)/t11-,12-,14+/m1/s1. The Bertz CT molecular complexity index is 546. The molecule has 3 rings (SSSR count). The number of carbonyl (C=O) groups is 1. The van der Waals surface area contributed by atoms with Crippen molar-refractivity contribution in [3.63, 3.8) is 0 Å². The lowest BCUT2D eigenvalue weighted by Gasteiger charge is -2.27. The zero-order valence-electron chi connectivity index (χ0n) is 13.9. The number of carbonyl (C=O) groups excluding carboxylic acids is 1. The number of urea groups is 1. The van der Waals surface area contributed by atoms with Crippen molar-refractivity contribution in [1.29, 1.82) is 0 Å². The van der Waals surface area contributed by atoms with Crippen LogP contribution in [0.2, 0.25) is 0 Å². The maximum atomic E-state index is 12.1. The van der Waals surface area contributed by atoms with E-state index in [2.05, 4.69) is 15.6 Å². The van der Waals surface area contributed by atoms with Gasteiger partial charge in [-0.1, -0.05) is 0 Å². The number of rotatable bonds is 5. The highest BCUT2D eigenvalue weighted by atomic mass is 16.5. The normalized spacial score (nSPS) is 27.4. The van der Waals surface area contributed by atoms with Gasteiger partial charge in [-0.15, -0.1) is 0 Å². The molecule has 24 heavy (non-hydrogen) atoms. The summed E-state index contributed by atoms with van der Waals surface area (Å²) < 4.78 is 12.8. The molecule has 0 radical (unpaired) electrons. The number of aliphatic hydroxyl groups is 1. The van der Waals surface area contributed by atoms with E-state index in [1.165, 1.54) is 0 Å². The first-order valence-electron chi connectivity index (χ1n) is 8.25. The number of hydrogen-bond acceptors (Lipinski definition) is 6. The van der Waals surface area contributed by atoms with Crippen LogP contribution in [-0.2, 0) is 23.1 Å². The Kier molecular flexibility index (Phi) is 5.67. The summed E-state index contributed by atoms with van der Waals surface area (Å²) in [5.41, 5.74) is 0. The van der Waals surface area contributed by atoms with Crippen molar-refractivity contribution >= 4 is 6.03 Å². The second-order valence-electron chi connectivity index (χ2n) is 6.09. The predicted molar refractivity (Wildman–Crippen MR) is 85.4 cm³/mol. The lowest BCUT2D eigenvalue weighted by Crippen LogP contribution is -2.50. The molecule has 1 aromatic rings. The van der Waals surface area contributed by atoms with Crippen LogP contribution in [0.25, 0.3) is 0 Å². The lowest BCUT2D eigenvalue weighted by molar-refractivity contribution is 0.0359. The van der Waals surface area contributed by atoms with Gasteiger partial charge >= 0.3 is 6.03 Å². The molecule has 2 amide bonds. The molecule has 2 aliphatic heterocycles. The Morgan fingerprint density at radius 2 is 2.25 bits per heavy atom. The monoisotopic (exact) mass is 339 g/mol. The maximum absolute atomic E-state index is 12.1.